The smallest absolute Gasteiger partial charge is 0.251 e. The first kappa shape index (κ1) is 20.5. The van der Waals surface area contributed by atoms with E-state index in [4.69, 9.17) is 14.2 Å². The van der Waals surface area contributed by atoms with Crippen LogP contribution in [-0.2, 0) is 6.42 Å². The topological polar surface area (TPSA) is 60.0 Å². The molecule has 2 aliphatic heterocycles. The van der Waals surface area contributed by atoms with E-state index in [2.05, 4.69) is 22.3 Å². The average Bonchev–Trinajstić information content (AvgIpc) is 2.78. The van der Waals surface area contributed by atoms with Crippen LogP contribution >= 0.6 is 0 Å². The van der Waals surface area contributed by atoms with Crippen LogP contribution in [0.5, 0.6) is 17.2 Å². The molecule has 30 heavy (non-hydrogen) atoms. The first-order valence-electron chi connectivity index (χ1n) is 10.7. The van der Waals surface area contributed by atoms with Gasteiger partial charge in [0.05, 0.1) is 20.8 Å². The summed E-state index contributed by atoms with van der Waals surface area (Å²) in [5.74, 6) is 2.30. The highest BCUT2D eigenvalue weighted by Gasteiger charge is 2.35. The summed E-state index contributed by atoms with van der Waals surface area (Å²) in [6.45, 7) is 4.57. The predicted octanol–water partition coefficient (Wildman–Crippen LogP) is 3.59. The van der Waals surface area contributed by atoms with Gasteiger partial charge in [0.25, 0.3) is 5.91 Å². The van der Waals surface area contributed by atoms with Gasteiger partial charge in [0.2, 0.25) is 0 Å². The normalized spacial score (nSPS) is 20.6. The zero-order chi connectivity index (χ0) is 21.1. The van der Waals surface area contributed by atoms with E-state index >= 15 is 0 Å². The molecule has 2 atom stereocenters. The molecule has 6 nitrogen and oxygen atoms in total. The van der Waals surface area contributed by atoms with Gasteiger partial charge < -0.3 is 19.5 Å². The van der Waals surface area contributed by atoms with Crippen LogP contribution in [-0.4, -0.2) is 50.8 Å². The Hall–Kier alpha value is -2.73. The highest BCUT2D eigenvalue weighted by molar-refractivity contribution is 5.94. The molecule has 2 heterocycles. The molecule has 0 radical (unpaired) electrons. The molecule has 0 spiro atoms. The van der Waals surface area contributed by atoms with E-state index in [9.17, 15) is 4.79 Å². The van der Waals surface area contributed by atoms with Crippen LogP contribution in [0.2, 0.25) is 0 Å². The Bertz CT molecular complexity index is 897. The predicted molar refractivity (Wildman–Crippen MR) is 116 cm³/mol. The lowest BCUT2D eigenvalue weighted by atomic mass is 9.84. The molecule has 0 aliphatic carbocycles. The molecule has 1 N–H and O–H groups in total. The highest BCUT2D eigenvalue weighted by Crippen LogP contribution is 2.41. The molecule has 0 bridgehead atoms. The van der Waals surface area contributed by atoms with Crippen molar-refractivity contribution in [3.8, 4) is 17.2 Å². The Kier molecular flexibility index (Phi) is 6.13. The summed E-state index contributed by atoms with van der Waals surface area (Å²) in [7, 11) is 3.35. The average molecular weight is 411 g/mol. The van der Waals surface area contributed by atoms with Crippen LogP contribution in [0.4, 0.5) is 0 Å². The summed E-state index contributed by atoms with van der Waals surface area (Å²) in [6.07, 6.45) is 2.86. The second kappa shape index (κ2) is 8.96. The SMILES string of the molecule is CCOc1ccc(C(=O)NC2CCN3CCc4cc(OC)c(OC)cc4C3C2)cc1. The van der Waals surface area contributed by atoms with E-state index in [-0.39, 0.29) is 18.0 Å². The van der Waals surface area contributed by atoms with Gasteiger partial charge in [-0.1, -0.05) is 0 Å². The minimum Gasteiger partial charge on any atom is -0.494 e. The second-order valence-corrected chi connectivity index (χ2v) is 7.86. The van der Waals surface area contributed by atoms with Crippen molar-refractivity contribution in [2.75, 3.05) is 33.9 Å². The third-order valence-electron chi connectivity index (χ3n) is 6.15. The Morgan fingerprint density at radius 3 is 2.53 bits per heavy atom. The fourth-order valence-corrected chi connectivity index (χ4v) is 4.60. The van der Waals surface area contributed by atoms with Crippen molar-refractivity contribution in [3.05, 3.63) is 53.1 Å². The van der Waals surface area contributed by atoms with Crippen molar-refractivity contribution in [2.45, 2.75) is 38.3 Å². The van der Waals surface area contributed by atoms with E-state index in [1.165, 1.54) is 11.1 Å². The Balaban J connectivity index is 1.48. The van der Waals surface area contributed by atoms with Gasteiger partial charge in [-0.3, -0.25) is 9.69 Å². The lowest BCUT2D eigenvalue weighted by Crippen LogP contribution is -2.48. The van der Waals surface area contributed by atoms with Gasteiger partial charge in [0, 0.05) is 30.7 Å². The molecule has 1 saturated heterocycles. The monoisotopic (exact) mass is 410 g/mol. The molecule has 2 unspecified atom stereocenters. The zero-order valence-electron chi connectivity index (χ0n) is 17.9. The number of hydrogen-bond donors (Lipinski definition) is 1. The van der Waals surface area contributed by atoms with Crippen LogP contribution in [0, 0.1) is 0 Å². The molecular weight excluding hydrogens is 380 g/mol. The summed E-state index contributed by atoms with van der Waals surface area (Å²) < 4.78 is 16.5. The Morgan fingerprint density at radius 2 is 1.83 bits per heavy atom. The van der Waals surface area contributed by atoms with Crippen LogP contribution in [0.25, 0.3) is 0 Å². The Labute approximate surface area is 178 Å². The number of nitrogens with one attached hydrogen (secondary N) is 1. The van der Waals surface area contributed by atoms with Gasteiger partial charge in [-0.05, 0) is 73.7 Å². The third kappa shape index (κ3) is 4.10. The molecule has 2 aromatic rings. The number of fused-ring (bicyclic) bond motifs is 3. The van der Waals surface area contributed by atoms with Crippen molar-refractivity contribution in [1.29, 1.82) is 0 Å². The van der Waals surface area contributed by atoms with Crippen molar-refractivity contribution in [1.82, 2.24) is 10.2 Å². The molecular formula is C24H30N2O4. The molecule has 0 saturated carbocycles. The maximum atomic E-state index is 12.8. The minimum atomic E-state index is -0.0279. The maximum Gasteiger partial charge on any atom is 0.251 e. The minimum absolute atomic E-state index is 0.0279. The van der Waals surface area contributed by atoms with Crippen molar-refractivity contribution in [2.24, 2.45) is 0 Å². The van der Waals surface area contributed by atoms with E-state index in [0.29, 0.717) is 12.2 Å². The zero-order valence-corrected chi connectivity index (χ0v) is 17.9. The van der Waals surface area contributed by atoms with Gasteiger partial charge in [0.1, 0.15) is 5.75 Å². The second-order valence-electron chi connectivity index (χ2n) is 7.86. The van der Waals surface area contributed by atoms with E-state index in [1.807, 2.05) is 31.2 Å². The number of hydrogen-bond acceptors (Lipinski definition) is 5. The number of amides is 1. The molecule has 6 heteroatoms. The van der Waals surface area contributed by atoms with Crippen LogP contribution < -0.4 is 19.5 Å². The lowest BCUT2D eigenvalue weighted by Gasteiger charge is -2.43. The number of ether oxygens (including phenoxy) is 3. The van der Waals surface area contributed by atoms with Gasteiger partial charge >= 0.3 is 0 Å². The van der Waals surface area contributed by atoms with Gasteiger partial charge in [0.15, 0.2) is 11.5 Å². The molecule has 160 valence electrons. The summed E-state index contributed by atoms with van der Waals surface area (Å²) in [6, 6.07) is 12.0. The maximum absolute atomic E-state index is 12.8. The van der Waals surface area contributed by atoms with Gasteiger partial charge in [-0.15, -0.1) is 0 Å². The Morgan fingerprint density at radius 1 is 1.10 bits per heavy atom. The molecule has 0 aromatic heterocycles. The number of carbonyl (C=O) groups is 1. The fourth-order valence-electron chi connectivity index (χ4n) is 4.60. The van der Waals surface area contributed by atoms with Crippen LogP contribution in [0.15, 0.2) is 36.4 Å². The molecule has 4 rings (SSSR count). The van der Waals surface area contributed by atoms with Gasteiger partial charge in [-0.25, -0.2) is 0 Å². The fraction of sp³-hybridized carbons (Fsp3) is 0.458. The quantitative estimate of drug-likeness (QED) is 0.789. The summed E-state index contributed by atoms with van der Waals surface area (Å²) in [5.41, 5.74) is 3.27. The highest BCUT2D eigenvalue weighted by atomic mass is 16.5. The van der Waals surface area contributed by atoms with Crippen molar-refractivity contribution < 1.29 is 19.0 Å². The number of rotatable bonds is 6. The number of carbonyl (C=O) groups excluding carboxylic acids is 1. The number of methoxy groups -OCH3 is 2. The number of nitrogens with zero attached hydrogens (tertiary/aromatic N) is 1. The van der Waals surface area contributed by atoms with E-state index < -0.39 is 0 Å². The van der Waals surface area contributed by atoms with Gasteiger partial charge in [-0.2, -0.15) is 0 Å². The first-order chi connectivity index (χ1) is 14.6. The van der Waals surface area contributed by atoms with Crippen molar-refractivity contribution >= 4 is 5.91 Å². The summed E-state index contributed by atoms with van der Waals surface area (Å²) in [4.78, 5) is 15.3. The largest absolute Gasteiger partial charge is 0.494 e. The summed E-state index contributed by atoms with van der Waals surface area (Å²) >= 11 is 0. The van der Waals surface area contributed by atoms with Crippen molar-refractivity contribution in [3.63, 3.8) is 0 Å². The molecule has 1 fully saturated rings. The van der Waals surface area contributed by atoms with Crippen LogP contribution in [0.3, 0.4) is 0 Å². The molecule has 2 aliphatic rings. The molecule has 2 aromatic carbocycles. The molecule has 1 amide bonds. The van der Waals surface area contributed by atoms with E-state index in [1.54, 1.807) is 14.2 Å². The number of benzene rings is 2. The third-order valence-corrected chi connectivity index (χ3v) is 6.15. The lowest BCUT2D eigenvalue weighted by molar-refractivity contribution is 0.0843. The number of piperidine rings is 1. The summed E-state index contributed by atoms with van der Waals surface area (Å²) in [5, 5.41) is 3.24. The first-order valence-corrected chi connectivity index (χ1v) is 10.7. The van der Waals surface area contributed by atoms with Crippen LogP contribution in [0.1, 0.15) is 47.3 Å². The standard InChI is InChI=1S/C24H30N2O4/c1-4-30-19-7-5-16(6-8-19)24(27)25-18-10-12-26-11-9-17-13-22(28-2)23(29-3)15-20(17)21(26)14-18/h5-8,13,15,18,21H,4,9-12,14H2,1-3H3,(H,25,27). The van der Waals surface area contributed by atoms with E-state index in [0.717, 1.165) is 49.6 Å².